The number of amides is 1. The standard InChI is InChI=1S/C22H20F2N2O3S/c1-15-7-10-18(11-8-15)30(28,29)26-21(13-16-5-3-2-4-6-16)22(27)25-20-12-9-17(23)14-19(20)24/h2-12,14,21,26H,13H2,1H3,(H,25,27)/t21-/m1/s1. The Labute approximate surface area is 173 Å². The number of benzene rings is 3. The summed E-state index contributed by atoms with van der Waals surface area (Å²) in [6.07, 6.45) is 0.0422. The molecule has 0 aliphatic rings. The molecule has 0 aliphatic carbocycles. The fraction of sp³-hybridized carbons (Fsp3) is 0.136. The van der Waals surface area contributed by atoms with E-state index in [9.17, 15) is 22.0 Å². The Morgan fingerprint density at radius 3 is 2.27 bits per heavy atom. The number of nitrogens with one attached hydrogen (secondary N) is 2. The van der Waals surface area contributed by atoms with Gasteiger partial charge < -0.3 is 5.32 Å². The van der Waals surface area contributed by atoms with E-state index in [1.807, 2.05) is 6.92 Å². The van der Waals surface area contributed by atoms with Crippen LogP contribution in [0.5, 0.6) is 0 Å². The van der Waals surface area contributed by atoms with Crippen LogP contribution < -0.4 is 10.0 Å². The highest BCUT2D eigenvalue weighted by molar-refractivity contribution is 7.89. The molecule has 1 atom stereocenters. The quantitative estimate of drug-likeness (QED) is 0.599. The van der Waals surface area contributed by atoms with Gasteiger partial charge in [-0.05, 0) is 43.2 Å². The molecule has 5 nitrogen and oxygen atoms in total. The highest BCUT2D eigenvalue weighted by Gasteiger charge is 2.27. The van der Waals surface area contributed by atoms with Crippen LogP contribution in [-0.2, 0) is 21.2 Å². The molecule has 30 heavy (non-hydrogen) atoms. The molecule has 156 valence electrons. The van der Waals surface area contributed by atoms with Crippen LogP contribution in [0.15, 0.2) is 77.7 Å². The van der Waals surface area contributed by atoms with Crippen molar-refractivity contribution in [2.75, 3.05) is 5.32 Å². The van der Waals surface area contributed by atoms with Crippen molar-refractivity contribution in [3.63, 3.8) is 0 Å². The number of carbonyl (C=O) groups excluding carboxylic acids is 1. The molecule has 0 bridgehead atoms. The molecule has 0 saturated heterocycles. The second kappa shape index (κ2) is 9.15. The maximum Gasteiger partial charge on any atom is 0.242 e. The first-order chi connectivity index (χ1) is 14.2. The highest BCUT2D eigenvalue weighted by Crippen LogP contribution is 2.17. The summed E-state index contributed by atoms with van der Waals surface area (Å²) in [6.45, 7) is 1.83. The van der Waals surface area contributed by atoms with Gasteiger partial charge in [-0.25, -0.2) is 17.2 Å². The Morgan fingerprint density at radius 2 is 1.63 bits per heavy atom. The minimum absolute atomic E-state index is 0.00641. The summed E-state index contributed by atoms with van der Waals surface area (Å²) in [7, 11) is -4.02. The molecule has 3 aromatic rings. The number of hydrogen-bond acceptors (Lipinski definition) is 3. The molecule has 1 amide bonds. The summed E-state index contributed by atoms with van der Waals surface area (Å²) in [5, 5.41) is 2.33. The molecular formula is C22H20F2N2O3S. The zero-order valence-corrected chi connectivity index (χ0v) is 16.9. The van der Waals surface area contributed by atoms with Gasteiger partial charge in [0.25, 0.3) is 0 Å². The van der Waals surface area contributed by atoms with E-state index in [1.54, 1.807) is 42.5 Å². The number of hydrogen-bond donors (Lipinski definition) is 2. The van der Waals surface area contributed by atoms with Crippen LogP contribution in [0.1, 0.15) is 11.1 Å². The molecule has 0 unspecified atom stereocenters. The average Bonchev–Trinajstić information content (AvgIpc) is 2.70. The fourth-order valence-electron chi connectivity index (χ4n) is 2.82. The van der Waals surface area contributed by atoms with Gasteiger partial charge in [0, 0.05) is 6.07 Å². The third-order valence-corrected chi connectivity index (χ3v) is 5.90. The van der Waals surface area contributed by atoms with Crippen molar-refractivity contribution in [2.45, 2.75) is 24.3 Å². The maximum absolute atomic E-state index is 13.9. The van der Waals surface area contributed by atoms with Crippen molar-refractivity contribution in [2.24, 2.45) is 0 Å². The van der Waals surface area contributed by atoms with Crippen LogP contribution >= 0.6 is 0 Å². The van der Waals surface area contributed by atoms with Crippen molar-refractivity contribution in [3.8, 4) is 0 Å². The predicted molar refractivity (Wildman–Crippen MR) is 110 cm³/mol. The van der Waals surface area contributed by atoms with Gasteiger partial charge in [0.15, 0.2) is 0 Å². The van der Waals surface area contributed by atoms with Gasteiger partial charge in [-0.3, -0.25) is 4.79 Å². The summed E-state index contributed by atoms with van der Waals surface area (Å²) in [6, 6.07) is 16.5. The van der Waals surface area contributed by atoms with E-state index >= 15 is 0 Å². The molecule has 0 aromatic heterocycles. The third-order valence-electron chi connectivity index (χ3n) is 4.42. The minimum atomic E-state index is -4.02. The topological polar surface area (TPSA) is 75.3 Å². The molecule has 8 heteroatoms. The molecule has 0 aliphatic heterocycles. The van der Waals surface area contributed by atoms with Crippen LogP contribution in [0, 0.1) is 18.6 Å². The number of carbonyl (C=O) groups is 1. The van der Waals surface area contributed by atoms with E-state index in [0.717, 1.165) is 17.7 Å². The SMILES string of the molecule is Cc1ccc(S(=O)(=O)N[C@H](Cc2ccccc2)C(=O)Nc2ccc(F)cc2F)cc1. The lowest BCUT2D eigenvalue weighted by Gasteiger charge is -2.19. The molecule has 0 saturated carbocycles. The zero-order chi connectivity index (χ0) is 21.7. The van der Waals surface area contributed by atoms with E-state index in [1.165, 1.54) is 12.1 Å². The summed E-state index contributed by atoms with van der Waals surface area (Å²) in [5.41, 5.74) is 1.36. The van der Waals surface area contributed by atoms with Crippen molar-refractivity contribution in [3.05, 3.63) is 95.6 Å². The first kappa shape index (κ1) is 21.6. The molecule has 0 spiro atoms. The smallest absolute Gasteiger partial charge is 0.242 e. The van der Waals surface area contributed by atoms with E-state index in [2.05, 4.69) is 10.0 Å². The first-order valence-corrected chi connectivity index (χ1v) is 10.6. The molecule has 3 aromatic carbocycles. The maximum atomic E-state index is 13.9. The van der Waals surface area contributed by atoms with Crippen LogP contribution in [0.4, 0.5) is 14.5 Å². The van der Waals surface area contributed by atoms with E-state index < -0.39 is 33.6 Å². The zero-order valence-electron chi connectivity index (χ0n) is 16.1. The second-order valence-corrected chi connectivity index (χ2v) is 8.50. The van der Waals surface area contributed by atoms with Crippen molar-refractivity contribution < 1.29 is 22.0 Å². The number of aryl methyl sites for hydroxylation is 1. The van der Waals surface area contributed by atoms with E-state index in [-0.39, 0.29) is 17.0 Å². The first-order valence-electron chi connectivity index (χ1n) is 9.13. The van der Waals surface area contributed by atoms with Crippen LogP contribution in [0.25, 0.3) is 0 Å². The Balaban J connectivity index is 1.87. The van der Waals surface area contributed by atoms with Crippen LogP contribution in [0.2, 0.25) is 0 Å². The van der Waals surface area contributed by atoms with Gasteiger partial charge >= 0.3 is 0 Å². The molecule has 0 radical (unpaired) electrons. The van der Waals surface area contributed by atoms with E-state index in [0.29, 0.717) is 11.6 Å². The third kappa shape index (κ3) is 5.49. The van der Waals surface area contributed by atoms with Crippen molar-refractivity contribution >= 4 is 21.6 Å². The summed E-state index contributed by atoms with van der Waals surface area (Å²) >= 11 is 0. The number of anilines is 1. The Hall–Kier alpha value is -3.10. The van der Waals surface area contributed by atoms with Gasteiger partial charge in [-0.15, -0.1) is 0 Å². The average molecular weight is 430 g/mol. The summed E-state index contributed by atoms with van der Waals surface area (Å²) in [5.74, 6) is -2.50. The predicted octanol–water partition coefficient (Wildman–Crippen LogP) is 3.80. The highest BCUT2D eigenvalue weighted by atomic mass is 32.2. The van der Waals surface area contributed by atoms with Gasteiger partial charge in [0.1, 0.15) is 17.7 Å². The Bertz CT molecular complexity index is 1130. The molecule has 0 heterocycles. The lowest BCUT2D eigenvalue weighted by molar-refractivity contribution is -0.117. The van der Waals surface area contributed by atoms with Gasteiger partial charge in [-0.1, -0.05) is 48.0 Å². The van der Waals surface area contributed by atoms with Crippen LogP contribution in [0.3, 0.4) is 0 Å². The normalized spacial score (nSPS) is 12.4. The van der Waals surface area contributed by atoms with Crippen molar-refractivity contribution in [1.82, 2.24) is 4.72 Å². The molecule has 2 N–H and O–H groups in total. The summed E-state index contributed by atoms with van der Waals surface area (Å²) in [4.78, 5) is 12.8. The van der Waals surface area contributed by atoms with Crippen molar-refractivity contribution in [1.29, 1.82) is 0 Å². The van der Waals surface area contributed by atoms with Gasteiger partial charge in [-0.2, -0.15) is 4.72 Å². The lowest BCUT2D eigenvalue weighted by Crippen LogP contribution is -2.45. The number of sulfonamides is 1. The largest absolute Gasteiger partial charge is 0.322 e. The molecule has 0 fully saturated rings. The molecular weight excluding hydrogens is 410 g/mol. The number of rotatable bonds is 7. The minimum Gasteiger partial charge on any atom is -0.322 e. The monoisotopic (exact) mass is 430 g/mol. The summed E-state index contributed by atoms with van der Waals surface area (Å²) < 4.78 is 55.1. The van der Waals surface area contributed by atoms with Gasteiger partial charge in [0.05, 0.1) is 10.6 Å². The van der Waals surface area contributed by atoms with E-state index in [4.69, 9.17) is 0 Å². The number of halogens is 2. The lowest BCUT2D eigenvalue weighted by atomic mass is 10.1. The molecule has 3 rings (SSSR count). The Kier molecular flexibility index (Phi) is 6.59. The Morgan fingerprint density at radius 1 is 0.967 bits per heavy atom. The van der Waals surface area contributed by atoms with Crippen LogP contribution in [-0.4, -0.2) is 20.4 Å². The fourth-order valence-corrected chi connectivity index (χ4v) is 4.02. The second-order valence-electron chi connectivity index (χ2n) is 6.79. The van der Waals surface area contributed by atoms with Gasteiger partial charge in [0.2, 0.25) is 15.9 Å².